The third-order valence-corrected chi connectivity index (χ3v) is 3.72. The standard InChI is InChI=1S/C14H22N2O3/c1-9(8-13-10(2)15-19-11(13)3)14(18)16(6-7-17)12-4-5-12/h9,12,17H,4-8H2,1-3H3. The predicted octanol–water partition coefficient (Wildman–Crippen LogP) is 1.45. The van der Waals surface area contributed by atoms with Crippen LogP contribution in [0.1, 0.15) is 36.8 Å². The lowest BCUT2D eigenvalue weighted by Crippen LogP contribution is -2.39. The maximum absolute atomic E-state index is 12.4. The van der Waals surface area contributed by atoms with Crippen molar-refractivity contribution in [2.45, 2.75) is 46.1 Å². The number of carbonyl (C=O) groups is 1. The fourth-order valence-corrected chi connectivity index (χ4v) is 2.44. The molecule has 1 aliphatic rings. The first-order valence-electron chi connectivity index (χ1n) is 6.87. The van der Waals surface area contributed by atoms with Crippen molar-refractivity contribution in [2.24, 2.45) is 5.92 Å². The van der Waals surface area contributed by atoms with Crippen LogP contribution >= 0.6 is 0 Å². The predicted molar refractivity (Wildman–Crippen MR) is 70.7 cm³/mol. The SMILES string of the molecule is Cc1noc(C)c1CC(C)C(=O)N(CCO)C1CC1. The first-order chi connectivity index (χ1) is 9.04. The van der Waals surface area contributed by atoms with Gasteiger partial charge in [0.05, 0.1) is 12.3 Å². The Morgan fingerprint density at radius 2 is 2.21 bits per heavy atom. The molecule has 5 nitrogen and oxygen atoms in total. The van der Waals surface area contributed by atoms with Gasteiger partial charge in [0, 0.05) is 24.1 Å². The molecule has 1 aromatic rings. The van der Waals surface area contributed by atoms with E-state index >= 15 is 0 Å². The number of rotatable bonds is 6. The smallest absolute Gasteiger partial charge is 0.226 e. The highest BCUT2D eigenvalue weighted by Gasteiger charge is 2.34. The molecule has 1 atom stereocenters. The van der Waals surface area contributed by atoms with E-state index in [1.165, 1.54) is 0 Å². The van der Waals surface area contributed by atoms with Crippen LogP contribution in [0, 0.1) is 19.8 Å². The van der Waals surface area contributed by atoms with Crippen LogP contribution in [0.25, 0.3) is 0 Å². The van der Waals surface area contributed by atoms with Crippen LogP contribution < -0.4 is 0 Å². The van der Waals surface area contributed by atoms with E-state index in [4.69, 9.17) is 9.63 Å². The largest absolute Gasteiger partial charge is 0.395 e. The van der Waals surface area contributed by atoms with E-state index in [9.17, 15) is 4.79 Å². The Morgan fingerprint density at radius 3 is 2.68 bits per heavy atom. The first-order valence-corrected chi connectivity index (χ1v) is 6.87. The molecule has 1 unspecified atom stereocenters. The van der Waals surface area contributed by atoms with Crippen molar-refractivity contribution < 1.29 is 14.4 Å². The zero-order valence-corrected chi connectivity index (χ0v) is 11.8. The number of aryl methyl sites for hydroxylation is 2. The van der Waals surface area contributed by atoms with E-state index < -0.39 is 0 Å². The van der Waals surface area contributed by atoms with Crippen molar-refractivity contribution in [3.8, 4) is 0 Å². The first kappa shape index (κ1) is 14.1. The van der Waals surface area contributed by atoms with Gasteiger partial charge in [-0.05, 0) is 33.1 Å². The minimum atomic E-state index is -0.107. The molecule has 1 fully saturated rings. The highest BCUT2D eigenvalue weighted by atomic mass is 16.5. The molecule has 106 valence electrons. The molecular weight excluding hydrogens is 244 g/mol. The Hall–Kier alpha value is -1.36. The Balaban J connectivity index is 2.02. The van der Waals surface area contributed by atoms with Crippen LogP contribution in [0.4, 0.5) is 0 Å². The highest BCUT2D eigenvalue weighted by molar-refractivity contribution is 5.79. The lowest BCUT2D eigenvalue weighted by Gasteiger charge is -2.25. The Kier molecular flexibility index (Phi) is 4.24. The molecule has 1 heterocycles. The van der Waals surface area contributed by atoms with Crippen LogP contribution in [-0.4, -0.2) is 40.3 Å². The molecule has 1 amide bonds. The summed E-state index contributed by atoms with van der Waals surface area (Å²) in [6.07, 6.45) is 2.77. The lowest BCUT2D eigenvalue weighted by atomic mass is 9.98. The zero-order valence-electron chi connectivity index (χ0n) is 11.8. The fourth-order valence-electron chi connectivity index (χ4n) is 2.44. The maximum atomic E-state index is 12.4. The van der Waals surface area contributed by atoms with E-state index in [0.29, 0.717) is 19.0 Å². The Bertz CT molecular complexity index is 432. The second-order valence-corrected chi connectivity index (χ2v) is 5.39. The number of nitrogens with zero attached hydrogens (tertiary/aromatic N) is 2. The third-order valence-electron chi connectivity index (χ3n) is 3.72. The molecule has 19 heavy (non-hydrogen) atoms. The molecule has 0 aliphatic heterocycles. The van der Waals surface area contributed by atoms with Crippen LogP contribution in [-0.2, 0) is 11.2 Å². The number of aliphatic hydroxyl groups excluding tert-OH is 1. The van der Waals surface area contributed by atoms with Crippen molar-refractivity contribution in [2.75, 3.05) is 13.2 Å². The van der Waals surface area contributed by atoms with Gasteiger partial charge in [0.25, 0.3) is 0 Å². The lowest BCUT2D eigenvalue weighted by molar-refractivity contribution is -0.136. The molecule has 0 radical (unpaired) electrons. The molecular formula is C14H22N2O3. The monoisotopic (exact) mass is 266 g/mol. The summed E-state index contributed by atoms with van der Waals surface area (Å²) in [5.41, 5.74) is 1.89. The number of hydrogen-bond acceptors (Lipinski definition) is 4. The van der Waals surface area contributed by atoms with E-state index in [1.807, 2.05) is 25.7 Å². The second kappa shape index (κ2) is 5.74. The average Bonchev–Trinajstić information content (AvgIpc) is 3.17. The van der Waals surface area contributed by atoms with Crippen LogP contribution in [0.2, 0.25) is 0 Å². The normalized spacial score (nSPS) is 16.4. The van der Waals surface area contributed by atoms with Crippen LogP contribution in [0.15, 0.2) is 4.52 Å². The second-order valence-electron chi connectivity index (χ2n) is 5.39. The Morgan fingerprint density at radius 1 is 1.53 bits per heavy atom. The number of hydrogen-bond donors (Lipinski definition) is 1. The van der Waals surface area contributed by atoms with Gasteiger partial charge in [-0.1, -0.05) is 12.1 Å². The van der Waals surface area contributed by atoms with Crippen molar-refractivity contribution in [1.29, 1.82) is 0 Å². The maximum Gasteiger partial charge on any atom is 0.226 e. The summed E-state index contributed by atoms with van der Waals surface area (Å²) in [6.45, 7) is 6.17. The van der Waals surface area contributed by atoms with Gasteiger partial charge in [-0.2, -0.15) is 0 Å². The van der Waals surface area contributed by atoms with Gasteiger partial charge in [0.1, 0.15) is 5.76 Å². The average molecular weight is 266 g/mol. The van der Waals surface area contributed by atoms with Crippen molar-refractivity contribution in [3.05, 3.63) is 17.0 Å². The quantitative estimate of drug-likeness (QED) is 0.846. The van der Waals surface area contributed by atoms with Crippen molar-refractivity contribution >= 4 is 5.91 Å². The number of carbonyl (C=O) groups excluding carboxylic acids is 1. The molecule has 0 aromatic carbocycles. The van der Waals surface area contributed by atoms with E-state index in [-0.39, 0.29) is 18.4 Å². The molecule has 2 rings (SSSR count). The van der Waals surface area contributed by atoms with Crippen LogP contribution in [0.5, 0.6) is 0 Å². The van der Waals surface area contributed by atoms with Gasteiger partial charge < -0.3 is 14.5 Å². The van der Waals surface area contributed by atoms with Crippen LogP contribution in [0.3, 0.4) is 0 Å². The van der Waals surface area contributed by atoms with Gasteiger partial charge in [-0.25, -0.2) is 0 Å². The minimum Gasteiger partial charge on any atom is -0.395 e. The third kappa shape index (κ3) is 3.15. The number of aliphatic hydroxyl groups is 1. The molecule has 0 spiro atoms. The molecule has 1 aromatic heterocycles. The zero-order chi connectivity index (χ0) is 14.0. The summed E-state index contributed by atoms with van der Waals surface area (Å²) < 4.78 is 5.13. The molecule has 5 heteroatoms. The van der Waals surface area contributed by atoms with Gasteiger partial charge in [-0.3, -0.25) is 4.79 Å². The van der Waals surface area contributed by atoms with Crippen molar-refractivity contribution in [3.63, 3.8) is 0 Å². The molecule has 1 saturated carbocycles. The van der Waals surface area contributed by atoms with Crippen molar-refractivity contribution in [1.82, 2.24) is 10.1 Å². The number of amides is 1. The fraction of sp³-hybridized carbons (Fsp3) is 0.714. The highest BCUT2D eigenvalue weighted by Crippen LogP contribution is 2.28. The topological polar surface area (TPSA) is 66.6 Å². The molecule has 1 aliphatic carbocycles. The van der Waals surface area contributed by atoms with E-state index in [2.05, 4.69) is 5.16 Å². The summed E-state index contributed by atoms with van der Waals surface area (Å²) in [5, 5.41) is 13.0. The minimum absolute atomic E-state index is 0.0281. The van der Waals surface area contributed by atoms with E-state index in [1.54, 1.807) is 0 Å². The summed E-state index contributed by atoms with van der Waals surface area (Å²) in [4.78, 5) is 14.2. The molecule has 1 N–H and O–H groups in total. The molecule has 0 bridgehead atoms. The van der Waals surface area contributed by atoms with Gasteiger partial charge in [-0.15, -0.1) is 0 Å². The Labute approximate surface area is 113 Å². The van der Waals surface area contributed by atoms with Gasteiger partial charge >= 0.3 is 0 Å². The summed E-state index contributed by atoms with van der Waals surface area (Å²) in [6, 6.07) is 0.340. The summed E-state index contributed by atoms with van der Waals surface area (Å²) in [7, 11) is 0. The summed E-state index contributed by atoms with van der Waals surface area (Å²) in [5.74, 6) is 0.804. The van der Waals surface area contributed by atoms with Gasteiger partial charge in [0.2, 0.25) is 5.91 Å². The molecule has 0 saturated heterocycles. The number of aromatic nitrogens is 1. The van der Waals surface area contributed by atoms with Gasteiger partial charge in [0.15, 0.2) is 0 Å². The summed E-state index contributed by atoms with van der Waals surface area (Å²) >= 11 is 0. The van der Waals surface area contributed by atoms with E-state index in [0.717, 1.165) is 29.9 Å².